The lowest BCUT2D eigenvalue weighted by Gasteiger charge is -2.39. The quantitative estimate of drug-likeness (QED) is 0.753. The van der Waals surface area contributed by atoms with Gasteiger partial charge in [-0.2, -0.15) is 0 Å². The van der Waals surface area contributed by atoms with Crippen LogP contribution in [0.15, 0.2) is 0 Å². The molecule has 18 heavy (non-hydrogen) atoms. The van der Waals surface area contributed by atoms with E-state index in [4.69, 9.17) is 4.74 Å². The highest BCUT2D eigenvalue weighted by Crippen LogP contribution is 2.25. The van der Waals surface area contributed by atoms with Gasteiger partial charge in [0, 0.05) is 18.7 Å². The summed E-state index contributed by atoms with van der Waals surface area (Å²) in [6.07, 6.45) is 3.15. The second-order valence-electron chi connectivity index (χ2n) is 5.84. The summed E-state index contributed by atoms with van der Waals surface area (Å²) in [5.74, 6) is -0.00417. The molecule has 5 heteroatoms. The van der Waals surface area contributed by atoms with Gasteiger partial charge in [-0.3, -0.25) is 4.79 Å². The molecule has 0 saturated carbocycles. The normalized spacial score (nSPS) is 32.6. The summed E-state index contributed by atoms with van der Waals surface area (Å²) in [5, 5.41) is 12.4. The summed E-state index contributed by atoms with van der Waals surface area (Å²) in [6, 6.07) is -0.465. The van der Waals surface area contributed by atoms with Gasteiger partial charge in [0.15, 0.2) is 0 Å². The van der Waals surface area contributed by atoms with Gasteiger partial charge in [-0.1, -0.05) is 0 Å². The van der Waals surface area contributed by atoms with E-state index in [2.05, 4.69) is 19.2 Å². The number of aliphatic hydroxyl groups excluding tert-OH is 1. The van der Waals surface area contributed by atoms with E-state index >= 15 is 0 Å². The van der Waals surface area contributed by atoms with Crippen molar-refractivity contribution in [2.24, 2.45) is 0 Å². The first-order valence-electron chi connectivity index (χ1n) is 6.82. The number of hydrogen-bond donors (Lipinski definition) is 2. The molecule has 0 aromatic rings. The minimum Gasteiger partial charge on any atom is -0.394 e. The molecular weight excluding hydrogens is 232 g/mol. The summed E-state index contributed by atoms with van der Waals surface area (Å²) < 4.78 is 5.63. The van der Waals surface area contributed by atoms with Gasteiger partial charge in [-0.15, -0.1) is 0 Å². The molecule has 2 fully saturated rings. The molecule has 0 aliphatic carbocycles. The summed E-state index contributed by atoms with van der Waals surface area (Å²) in [6.45, 7) is 6.23. The number of carbonyl (C=O) groups excluding carboxylic acids is 1. The first kappa shape index (κ1) is 13.8. The van der Waals surface area contributed by atoms with Crippen LogP contribution >= 0.6 is 0 Å². The highest BCUT2D eigenvalue weighted by Gasteiger charge is 2.38. The average molecular weight is 256 g/mol. The van der Waals surface area contributed by atoms with E-state index in [9.17, 15) is 9.90 Å². The minimum absolute atomic E-state index is 0.00417. The Morgan fingerprint density at radius 2 is 2.33 bits per heavy atom. The number of nitrogens with zero attached hydrogens (tertiary/aromatic N) is 1. The summed E-state index contributed by atoms with van der Waals surface area (Å²) >= 11 is 0. The van der Waals surface area contributed by atoms with E-state index in [1.807, 2.05) is 4.90 Å². The van der Waals surface area contributed by atoms with Crippen LogP contribution in [-0.2, 0) is 9.53 Å². The number of rotatable bonds is 3. The number of ether oxygens (including phenoxy) is 1. The predicted molar refractivity (Wildman–Crippen MR) is 68.3 cm³/mol. The molecule has 2 aliphatic heterocycles. The van der Waals surface area contributed by atoms with Crippen LogP contribution < -0.4 is 5.32 Å². The Bertz CT molecular complexity index is 301. The first-order chi connectivity index (χ1) is 8.54. The zero-order chi connectivity index (χ0) is 13.2. The van der Waals surface area contributed by atoms with Crippen molar-refractivity contribution in [2.45, 2.75) is 50.8 Å². The Labute approximate surface area is 108 Å². The van der Waals surface area contributed by atoms with Gasteiger partial charge < -0.3 is 20.1 Å². The van der Waals surface area contributed by atoms with Gasteiger partial charge in [0.25, 0.3) is 0 Å². The van der Waals surface area contributed by atoms with Crippen molar-refractivity contribution in [2.75, 3.05) is 26.3 Å². The number of nitrogens with one attached hydrogen (secondary N) is 1. The number of carbonyl (C=O) groups is 1. The van der Waals surface area contributed by atoms with Crippen LogP contribution in [0.4, 0.5) is 0 Å². The van der Waals surface area contributed by atoms with E-state index in [1.54, 1.807) is 0 Å². The van der Waals surface area contributed by atoms with Crippen molar-refractivity contribution < 1.29 is 14.6 Å². The maximum atomic E-state index is 12.4. The van der Waals surface area contributed by atoms with Crippen LogP contribution in [-0.4, -0.2) is 59.9 Å². The third-order valence-electron chi connectivity index (χ3n) is 4.02. The predicted octanol–water partition coefficient (Wildman–Crippen LogP) is 0.127. The van der Waals surface area contributed by atoms with Crippen molar-refractivity contribution in [3.8, 4) is 0 Å². The van der Waals surface area contributed by atoms with Crippen molar-refractivity contribution in [3.63, 3.8) is 0 Å². The number of aliphatic hydroxyl groups is 1. The van der Waals surface area contributed by atoms with Gasteiger partial charge in [-0.25, -0.2) is 0 Å². The molecular formula is C13H24N2O3. The second kappa shape index (κ2) is 5.55. The van der Waals surface area contributed by atoms with Crippen molar-refractivity contribution in [3.05, 3.63) is 0 Å². The molecule has 2 rings (SSSR count). The smallest absolute Gasteiger partial charge is 0.242 e. The molecule has 0 spiro atoms. The Morgan fingerprint density at radius 3 is 2.94 bits per heavy atom. The van der Waals surface area contributed by atoms with Crippen LogP contribution in [0.5, 0.6) is 0 Å². The Balaban J connectivity index is 2.11. The fourth-order valence-corrected chi connectivity index (χ4v) is 2.73. The largest absolute Gasteiger partial charge is 0.394 e. The second-order valence-corrected chi connectivity index (χ2v) is 5.84. The van der Waals surface area contributed by atoms with E-state index in [1.165, 1.54) is 0 Å². The zero-order valence-corrected chi connectivity index (χ0v) is 11.3. The SMILES string of the molecule is CC1(C)CCNC(CO)C(=O)N1CC1CCCO1. The Hall–Kier alpha value is -0.650. The number of hydrogen-bond acceptors (Lipinski definition) is 4. The molecule has 2 atom stereocenters. The molecule has 2 saturated heterocycles. The lowest BCUT2D eigenvalue weighted by Crippen LogP contribution is -2.54. The highest BCUT2D eigenvalue weighted by atomic mass is 16.5. The summed E-state index contributed by atoms with van der Waals surface area (Å²) in [7, 11) is 0. The monoisotopic (exact) mass is 256 g/mol. The van der Waals surface area contributed by atoms with Crippen molar-refractivity contribution in [1.82, 2.24) is 10.2 Å². The molecule has 0 aromatic heterocycles. The average Bonchev–Trinajstić information content (AvgIpc) is 2.80. The van der Waals surface area contributed by atoms with E-state index in [0.717, 1.165) is 32.4 Å². The molecule has 0 bridgehead atoms. The van der Waals surface area contributed by atoms with Gasteiger partial charge >= 0.3 is 0 Å². The first-order valence-corrected chi connectivity index (χ1v) is 6.82. The molecule has 5 nitrogen and oxygen atoms in total. The fourth-order valence-electron chi connectivity index (χ4n) is 2.73. The topological polar surface area (TPSA) is 61.8 Å². The molecule has 2 N–H and O–H groups in total. The Kier molecular flexibility index (Phi) is 4.25. The van der Waals surface area contributed by atoms with Crippen LogP contribution in [0.3, 0.4) is 0 Å². The van der Waals surface area contributed by atoms with Crippen LogP contribution in [0.2, 0.25) is 0 Å². The van der Waals surface area contributed by atoms with Crippen molar-refractivity contribution >= 4 is 5.91 Å². The van der Waals surface area contributed by atoms with Gasteiger partial charge in [0.2, 0.25) is 5.91 Å². The van der Waals surface area contributed by atoms with Gasteiger partial charge in [0.1, 0.15) is 6.04 Å². The van der Waals surface area contributed by atoms with Crippen LogP contribution in [0.1, 0.15) is 33.1 Å². The molecule has 2 unspecified atom stereocenters. The summed E-state index contributed by atoms with van der Waals surface area (Å²) in [4.78, 5) is 14.3. The maximum absolute atomic E-state index is 12.4. The third-order valence-corrected chi connectivity index (χ3v) is 4.02. The molecule has 2 heterocycles. The molecule has 1 amide bonds. The maximum Gasteiger partial charge on any atom is 0.242 e. The molecule has 104 valence electrons. The third kappa shape index (κ3) is 2.84. The highest BCUT2D eigenvalue weighted by molar-refractivity contribution is 5.83. The molecule has 2 aliphatic rings. The van der Waals surface area contributed by atoms with Crippen molar-refractivity contribution in [1.29, 1.82) is 0 Å². The standard InChI is InChI=1S/C13H24N2O3/c1-13(2)5-6-14-11(9-16)12(17)15(13)8-10-4-3-7-18-10/h10-11,14,16H,3-9H2,1-2H3. The van der Waals surface area contributed by atoms with Gasteiger partial charge in [-0.05, 0) is 39.7 Å². The van der Waals surface area contributed by atoms with Crippen LogP contribution in [0, 0.1) is 0 Å². The van der Waals surface area contributed by atoms with Crippen LogP contribution in [0.25, 0.3) is 0 Å². The summed E-state index contributed by atoms with van der Waals surface area (Å²) in [5.41, 5.74) is -0.181. The fraction of sp³-hybridized carbons (Fsp3) is 0.923. The lowest BCUT2D eigenvalue weighted by atomic mass is 9.97. The molecule has 0 radical (unpaired) electrons. The molecule has 0 aromatic carbocycles. The lowest BCUT2D eigenvalue weighted by molar-refractivity contribution is -0.140. The van der Waals surface area contributed by atoms with E-state index < -0.39 is 6.04 Å². The van der Waals surface area contributed by atoms with E-state index in [-0.39, 0.29) is 24.2 Å². The van der Waals surface area contributed by atoms with E-state index in [0.29, 0.717) is 6.54 Å². The zero-order valence-electron chi connectivity index (χ0n) is 11.3. The Morgan fingerprint density at radius 1 is 1.56 bits per heavy atom. The minimum atomic E-state index is -0.465. The van der Waals surface area contributed by atoms with Gasteiger partial charge in [0.05, 0.1) is 12.7 Å². The number of amides is 1.